The number of hydrogen-bond donors (Lipinski definition) is 2. The second kappa shape index (κ2) is 7.04. The minimum absolute atomic E-state index is 0.0561. The van der Waals surface area contributed by atoms with Gasteiger partial charge >= 0.3 is 5.97 Å². The highest BCUT2D eigenvalue weighted by atomic mass is 16.4. The first-order valence-corrected chi connectivity index (χ1v) is 11.7. The van der Waals surface area contributed by atoms with Gasteiger partial charge in [0.25, 0.3) is 0 Å². The lowest BCUT2D eigenvalue weighted by Crippen LogP contribution is -2.54. The van der Waals surface area contributed by atoms with Crippen LogP contribution < -0.4 is 0 Å². The number of carboxylic acids is 1. The van der Waals surface area contributed by atoms with E-state index in [0.29, 0.717) is 29.1 Å². The Kier molecular flexibility index (Phi) is 5.15. The second-order valence-corrected chi connectivity index (χ2v) is 11.2. The number of aliphatic hydroxyl groups is 1. The average Bonchev–Trinajstić information content (AvgIpc) is 2.97. The Bertz CT molecular complexity index is 574. The molecule has 4 saturated carbocycles. The molecule has 0 radical (unpaired) electrons. The van der Waals surface area contributed by atoms with Gasteiger partial charge in [-0.25, -0.2) is 0 Å². The molecule has 0 bridgehead atoms. The Balaban J connectivity index is 1.51. The SMILES string of the molecule is C[C@H](CCC(=O)O)[C@H]1CCC2C3CCC4C[C@H](O)CC[C@]4(C)C3CC[C@@]21C. The summed E-state index contributed by atoms with van der Waals surface area (Å²) in [5, 5.41) is 19.3. The standard InChI is InChI=1S/C24H40O3/c1-15(4-9-22(26)27)19-7-8-20-18-6-5-16-14-17(25)10-12-23(16,2)21(18)11-13-24(19,20)3/h15-21,25H,4-14H2,1-3H3,(H,26,27)/t15-,16?,17-,18?,19-,20?,21?,23+,24-/m1/s1. The van der Waals surface area contributed by atoms with Crippen LogP contribution in [-0.4, -0.2) is 22.3 Å². The molecule has 9 atom stereocenters. The summed E-state index contributed by atoms with van der Waals surface area (Å²) < 4.78 is 0. The number of aliphatic carboxylic acids is 1. The highest BCUT2D eigenvalue weighted by molar-refractivity contribution is 5.66. The monoisotopic (exact) mass is 376 g/mol. The van der Waals surface area contributed by atoms with Crippen molar-refractivity contribution < 1.29 is 15.0 Å². The Morgan fingerprint density at radius 2 is 1.70 bits per heavy atom. The van der Waals surface area contributed by atoms with Gasteiger partial charge in [0.2, 0.25) is 0 Å². The van der Waals surface area contributed by atoms with Gasteiger partial charge < -0.3 is 10.2 Å². The quantitative estimate of drug-likeness (QED) is 0.680. The minimum atomic E-state index is -0.643. The molecule has 4 rings (SSSR count). The molecular formula is C24H40O3. The molecule has 4 fully saturated rings. The predicted molar refractivity (Wildman–Crippen MR) is 107 cm³/mol. The predicted octanol–water partition coefficient (Wildman–Crippen LogP) is 5.51. The number of fused-ring (bicyclic) bond motifs is 5. The van der Waals surface area contributed by atoms with E-state index in [4.69, 9.17) is 5.11 Å². The van der Waals surface area contributed by atoms with Crippen LogP contribution in [0.5, 0.6) is 0 Å². The first-order valence-electron chi connectivity index (χ1n) is 11.7. The lowest BCUT2D eigenvalue weighted by atomic mass is 9.44. The van der Waals surface area contributed by atoms with Crippen molar-refractivity contribution in [3.8, 4) is 0 Å². The Labute approximate surface area is 165 Å². The van der Waals surface area contributed by atoms with E-state index in [9.17, 15) is 9.90 Å². The molecule has 2 N–H and O–H groups in total. The van der Waals surface area contributed by atoms with E-state index in [-0.39, 0.29) is 6.10 Å². The van der Waals surface area contributed by atoms with Gasteiger partial charge in [-0.2, -0.15) is 0 Å². The summed E-state index contributed by atoms with van der Waals surface area (Å²) in [6.45, 7) is 7.43. The molecule has 154 valence electrons. The first-order chi connectivity index (χ1) is 12.8. The van der Waals surface area contributed by atoms with Crippen molar-refractivity contribution in [1.29, 1.82) is 0 Å². The van der Waals surface area contributed by atoms with Gasteiger partial charge in [0.15, 0.2) is 0 Å². The molecule has 3 heteroatoms. The summed E-state index contributed by atoms with van der Waals surface area (Å²) in [4.78, 5) is 11.0. The fourth-order valence-corrected chi connectivity index (χ4v) is 8.76. The summed E-state index contributed by atoms with van der Waals surface area (Å²) in [6.07, 6.45) is 12.4. The van der Waals surface area contributed by atoms with E-state index in [0.717, 1.165) is 42.9 Å². The van der Waals surface area contributed by atoms with Crippen LogP contribution in [0.2, 0.25) is 0 Å². The smallest absolute Gasteiger partial charge is 0.303 e. The molecule has 4 aliphatic rings. The number of hydrogen-bond acceptors (Lipinski definition) is 2. The molecule has 0 aromatic rings. The van der Waals surface area contributed by atoms with Crippen LogP contribution in [0.25, 0.3) is 0 Å². The molecular weight excluding hydrogens is 336 g/mol. The number of aliphatic hydroxyl groups excluding tert-OH is 1. The van der Waals surface area contributed by atoms with E-state index in [1.807, 2.05) is 0 Å². The summed E-state index contributed by atoms with van der Waals surface area (Å²) in [5.41, 5.74) is 0.882. The molecule has 3 nitrogen and oxygen atoms in total. The van der Waals surface area contributed by atoms with Crippen LogP contribution >= 0.6 is 0 Å². The lowest BCUT2D eigenvalue weighted by molar-refractivity contribution is -0.138. The van der Waals surface area contributed by atoms with Gasteiger partial charge in [-0.05, 0) is 111 Å². The van der Waals surface area contributed by atoms with Crippen molar-refractivity contribution in [2.45, 2.75) is 97.5 Å². The van der Waals surface area contributed by atoms with Gasteiger partial charge in [0.1, 0.15) is 0 Å². The van der Waals surface area contributed by atoms with Crippen molar-refractivity contribution in [3.63, 3.8) is 0 Å². The molecule has 0 aromatic heterocycles. The van der Waals surface area contributed by atoms with Gasteiger partial charge in [-0.1, -0.05) is 20.8 Å². The fraction of sp³-hybridized carbons (Fsp3) is 0.958. The molecule has 0 saturated heterocycles. The zero-order valence-electron chi connectivity index (χ0n) is 17.6. The van der Waals surface area contributed by atoms with Gasteiger partial charge in [-0.3, -0.25) is 4.79 Å². The topological polar surface area (TPSA) is 57.5 Å². The van der Waals surface area contributed by atoms with Crippen LogP contribution in [0.3, 0.4) is 0 Å². The maximum absolute atomic E-state index is 11.0. The fourth-order valence-electron chi connectivity index (χ4n) is 8.76. The lowest BCUT2D eigenvalue weighted by Gasteiger charge is -2.61. The van der Waals surface area contributed by atoms with Crippen molar-refractivity contribution in [2.24, 2.45) is 46.3 Å². The van der Waals surface area contributed by atoms with Crippen LogP contribution in [-0.2, 0) is 4.79 Å². The molecule has 0 aliphatic heterocycles. The summed E-state index contributed by atoms with van der Waals surface area (Å²) >= 11 is 0. The molecule has 27 heavy (non-hydrogen) atoms. The van der Waals surface area contributed by atoms with E-state index in [1.54, 1.807) is 0 Å². The Morgan fingerprint density at radius 3 is 2.44 bits per heavy atom. The number of rotatable bonds is 4. The molecule has 0 aromatic carbocycles. The zero-order valence-corrected chi connectivity index (χ0v) is 17.6. The normalized spacial score (nSPS) is 50.4. The third-order valence-electron chi connectivity index (χ3n) is 10.2. The highest BCUT2D eigenvalue weighted by Gasteiger charge is 2.60. The minimum Gasteiger partial charge on any atom is -0.481 e. The van der Waals surface area contributed by atoms with Gasteiger partial charge in [0, 0.05) is 6.42 Å². The Morgan fingerprint density at radius 1 is 1.00 bits per heavy atom. The summed E-state index contributed by atoms with van der Waals surface area (Å²) in [6, 6.07) is 0. The van der Waals surface area contributed by atoms with Gasteiger partial charge in [-0.15, -0.1) is 0 Å². The highest BCUT2D eigenvalue weighted by Crippen LogP contribution is 2.68. The first kappa shape index (κ1) is 19.7. The van der Waals surface area contributed by atoms with Crippen molar-refractivity contribution in [1.82, 2.24) is 0 Å². The molecule has 0 spiro atoms. The molecule has 4 aliphatic carbocycles. The number of carbonyl (C=O) groups is 1. The van der Waals surface area contributed by atoms with Crippen LogP contribution in [0.1, 0.15) is 91.4 Å². The average molecular weight is 377 g/mol. The van der Waals surface area contributed by atoms with Gasteiger partial charge in [0.05, 0.1) is 6.10 Å². The van der Waals surface area contributed by atoms with Crippen LogP contribution in [0.15, 0.2) is 0 Å². The van der Waals surface area contributed by atoms with Crippen LogP contribution in [0, 0.1) is 46.3 Å². The van der Waals surface area contributed by atoms with E-state index >= 15 is 0 Å². The largest absolute Gasteiger partial charge is 0.481 e. The summed E-state index contributed by atoms with van der Waals surface area (Å²) in [7, 11) is 0. The summed E-state index contributed by atoms with van der Waals surface area (Å²) in [5.74, 6) is 3.91. The van der Waals surface area contributed by atoms with E-state index in [1.165, 1.54) is 44.9 Å². The Hall–Kier alpha value is -0.570. The van der Waals surface area contributed by atoms with E-state index < -0.39 is 5.97 Å². The van der Waals surface area contributed by atoms with E-state index in [2.05, 4.69) is 20.8 Å². The second-order valence-electron chi connectivity index (χ2n) is 11.2. The maximum Gasteiger partial charge on any atom is 0.303 e. The number of carboxylic acid groups (broad SMARTS) is 1. The maximum atomic E-state index is 11.0. The third kappa shape index (κ3) is 3.16. The van der Waals surface area contributed by atoms with Crippen molar-refractivity contribution in [3.05, 3.63) is 0 Å². The van der Waals surface area contributed by atoms with Crippen molar-refractivity contribution >= 4 is 5.97 Å². The molecule has 0 amide bonds. The molecule has 4 unspecified atom stereocenters. The third-order valence-corrected chi connectivity index (χ3v) is 10.2. The van der Waals surface area contributed by atoms with Crippen molar-refractivity contribution in [2.75, 3.05) is 0 Å². The zero-order chi connectivity index (χ0) is 19.4. The van der Waals surface area contributed by atoms with Crippen LogP contribution in [0.4, 0.5) is 0 Å². The molecule has 0 heterocycles.